The Morgan fingerprint density at radius 1 is 1.07 bits per heavy atom. The Labute approximate surface area is 163 Å². The van der Waals surface area contributed by atoms with Crippen LogP contribution in [-0.4, -0.2) is 24.6 Å². The molecule has 0 aliphatic rings. The summed E-state index contributed by atoms with van der Waals surface area (Å²) in [5.41, 5.74) is 0.00852. The number of nitrogens with one attached hydrogen (secondary N) is 2. The zero-order chi connectivity index (χ0) is 20.7. The van der Waals surface area contributed by atoms with Gasteiger partial charge in [-0.15, -0.1) is 0 Å². The minimum absolute atomic E-state index is 0.0363. The summed E-state index contributed by atoms with van der Waals surface area (Å²) in [6, 6.07) is 12.4. The Morgan fingerprint density at radius 2 is 1.79 bits per heavy atom. The summed E-state index contributed by atoms with van der Waals surface area (Å²) in [4.78, 5) is 12.2. The van der Waals surface area contributed by atoms with Crippen molar-refractivity contribution in [1.29, 1.82) is 0 Å². The molecule has 0 aromatic heterocycles. The number of hydrogen-bond acceptors (Lipinski definition) is 3. The molecule has 0 aliphatic carbocycles. The van der Waals surface area contributed by atoms with Crippen molar-refractivity contribution in [3.8, 4) is 5.75 Å². The van der Waals surface area contributed by atoms with Gasteiger partial charge < -0.3 is 15.4 Å². The fraction of sp³-hybridized carbons (Fsp3) is 0.381. The number of rotatable bonds is 8. The van der Waals surface area contributed by atoms with E-state index in [4.69, 9.17) is 4.74 Å². The predicted octanol–water partition coefficient (Wildman–Crippen LogP) is 4.79. The Kier molecular flexibility index (Phi) is 7.45. The second kappa shape index (κ2) is 9.59. The SMILES string of the molecule is Cc1cccc(OCC(C)NC(C)CC(=O)Nc2ccccc2C(F)(F)F)c1. The third kappa shape index (κ3) is 6.88. The zero-order valence-corrected chi connectivity index (χ0v) is 16.1. The van der Waals surface area contributed by atoms with E-state index >= 15 is 0 Å². The van der Waals surface area contributed by atoms with Crippen LogP contribution in [0.15, 0.2) is 48.5 Å². The number of alkyl halides is 3. The van der Waals surface area contributed by atoms with Crippen molar-refractivity contribution in [2.75, 3.05) is 11.9 Å². The maximum atomic E-state index is 13.0. The summed E-state index contributed by atoms with van der Waals surface area (Å²) in [7, 11) is 0. The maximum Gasteiger partial charge on any atom is 0.418 e. The standard InChI is InChI=1S/C21H25F3N2O2/c1-14-7-6-8-17(11-14)28-13-16(3)25-15(2)12-20(27)26-19-10-5-4-9-18(19)21(22,23)24/h4-11,15-16,25H,12-13H2,1-3H3,(H,26,27). The van der Waals surface area contributed by atoms with Crippen molar-refractivity contribution < 1.29 is 22.7 Å². The summed E-state index contributed by atoms with van der Waals surface area (Å²) in [6.45, 7) is 6.11. The van der Waals surface area contributed by atoms with Crippen LogP contribution in [0.2, 0.25) is 0 Å². The minimum Gasteiger partial charge on any atom is -0.492 e. The molecular weight excluding hydrogens is 369 g/mol. The van der Waals surface area contributed by atoms with E-state index in [9.17, 15) is 18.0 Å². The van der Waals surface area contributed by atoms with Gasteiger partial charge in [0.15, 0.2) is 0 Å². The van der Waals surface area contributed by atoms with Gasteiger partial charge in [0.05, 0.1) is 11.3 Å². The first-order chi connectivity index (χ1) is 13.1. The lowest BCUT2D eigenvalue weighted by atomic mass is 10.1. The highest BCUT2D eigenvalue weighted by molar-refractivity contribution is 5.92. The Balaban J connectivity index is 1.82. The molecule has 2 N–H and O–H groups in total. The largest absolute Gasteiger partial charge is 0.492 e. The highest BCUT2D eigenvalue weighted by Gasteiger charge is 2.33. The van der Waals surface area contributed by atoms with Crippen molar-refractivity contribution in [1.82, 2.24) is 5.32 Å². The third-order valence-corrected chi connectivity index (χ3v) is 4.06. The normalized spacial score (nSPS) is 13.6. The number of ether oxygens (including phenoxy) is 1. The van der Waals surface area contributed by atoms with Gasteiger partial charge >= 0.3 is 6.18 Å². The number of halogens is 3. The molecule has 7 heteroatoms. The van der Waals surface area contributed by atoms with Gasteiger partial charge in [-0.05, 0) is 50.6 Å². The van der Waals surface area contributed by atoms with Crippen molar-refractivity contribution >= 4 is 11.6 Å². The van der Waals surface area contributed by atoms with E-state index in [0.29, 0.717) is 6.61 Å². The summed E-state index contributed by atoms with van der Waals surface area (Å²) in [5.74, 6) is 0.284. The molecule has 0 heterocycles. The van der Waals surface area contributed by atoms with Crippen LogP contribution in [0.5, 0.6) is 5.75 Å². The molecule has 152 valence electrons. The predicted molar refractivity (Wildman–Crippen MR) is 103 cm³/mol. The molecular formula is C21H25F3N2O2. The molecule has 0 saturated heterocycles. The van der Waals surface area contributed by atoms with Crippen molar-refractivity contribution in [2.45, 2.75) is 45.5 Å². The zero-order valence-electron chi connectivity index (χ0n) is 16.1. The van der Waals surface area contributed by atoms with Gasteiger partial charge in [-0.1, -0.05) is 24.3 Å². The molecule has 0 aliphatic heterocycles. The quantitative estimate of drug-likeness (QED) is 0.677. The van der Waals surface area contributed by atoms with Crippen LogP contribution in [0.1, 0.15) is 31.4 Å². The average Bonchev–Trinajstić information content (AvgIpc) is 2.59. The van der Waals surface area contributed by atoms with Crippen molar-refractivity contribution in [3.05, 3.63) is 59.7 Å². The van der Waals surface area contributed by atoms with Crippen LogP contribution in [0.4, 0.5) is 18.9 Å². The lowest BCUT2D eigenvalue weighted by Crippen LogP contribution is -2.40. The fourth-order valence-corrected chi connectivity index (χ4v) is 2.84. The average molecular weight is 394 g/mol. The van der Waals surface area contributed by atoms with Crippen LogP contribution in [0.3, 0.4) is 0 Å². The molecule has 0 fully saturated rings. The number of para-hydroxylation sites is 1. The fourth-order valence-electron chi connectivity index (χ4n) is 2.84. The van der Waals surface area contributed by atoms with Gasteiger partial charge in [0.25, 0.3) is 0 Å². The van der Waals surface area contributed by atoms with E-state index in [2.05, 4.69) is 10.6 Å². The van der Waals surface area contributed by atoms with Gasteiger partial charge in [0, 0.05) is 18.5 Å². The second-order valence-electron chi connectivity index (χ2n) is 6.89. The molecule has 0 bridgehead atoms. The van der Waals surface area contributed by atoms with Crippen LogP contribution in [0, 0.1) is 6.92 Å². The number of carbonyl (C=O) groups is 1. The van der Waals surface area contributed by atoms with Crippen molar-refractivity contribution in [3.63, 3.8) is 0 Å². The van der Waals surface area contributed by atoms with Gasteiger partial charge in [0.2, 0.25) is 5.91 Å². The van der Waals surface area contributed by atoms with Gasteiger partial charge in [-0.25, -0.2) is 0 Å². The highest BCUT2D eigenvalue weighted by Crippen LogP contribution is 2.34. The third-order valence-electron chi connectivity index (χ3n) is 4.06. The van der Waals surface area contributed by atoms with Gasteiger partial charge in [-0.2, -0.15) is 13.2 Å². The second-order valence-corrected chi connectivity index (χ2v) is 6.89. The molecule has 2 aromatic carbocycles. The first-order valence-electron chi connectivity index (χ1n) is 9.06. The molecule has 4 nitrogen and oxygen atoms in total. The molecule has 2 atom stereocenters. The van der Waals surface area contributed by atoms with Gasteiger partial charge in [-0.3, -0.25) is 4.79 Å². The van der Waals surface area contributed by atoms with E-state index in [-0.39, 0.29) is 24.2 Å². The molecule has 1 amide bonds. The number of anilines is 1. The molecule has 2 unspecified atom stereocenters. The summed E-state index contributed by atoms with van der Waals surface area (Å²) < 4.78 is 44.7. The van der Waals surface area contributed by atoms with Gasteiger partial charge in [0.1, 0.15) is 12.4 Å². The minimum atomic E-state index is -4.52. The monoisotopic (exact) mass is 394 g/mol. The first kappa shape index (κ1) is 21.8. The number of carbonyl (C=O) groups excluding carboxylic acids is 1. The Morgan fingerprint density at radius 3 is 2.46 bits per heavy atom. The molecule has 28 heavy (non-hydrogen) atoms. The number of benzene rings is 2. The summed E-state index contributed by atoms with van der Waals surface area (Å²) in [6.07, 6.45) is -4.48. The van der Waals surface area contributed by atoms with Crippen LogP contribution < -0.4 is 15.4 Å². The number of hydrogen-bond donors (Lipinski definition) is 2. The lowest BCUT2D eigenvalue weighted by Gasteiger charge is -2.21. The maximum absolute atomic E-state index is 13.0. The molecule has 0 spiro atoms. The van der Waals surface area contributed by atoms with E-state index in [1.807, 2.05) is 38.1 Å². The molecule has 2 rings (SSSR count). The summed E-state index contributed by atoms with van der Waals surface area (Å²) in [5, 5.41) is 5.57. The molecule has 0 saturated carbocycles. The van der Waals surface area contributed by atoms with Crippen LogP contribution in [0.25, 0.3) is 0 Å². The van der Waals surface area contributed by atoms with E-state index in [0.717, 1.165) is 17.4 Å². The molecule has 2 aromatic rings. The van der Waals surface area contributed by atoms with Crippen LogP contribution >= 0.6 is 0 Å². The number of aryl methyl sites for hydroxylation is 1. The lowest BCUT2D eigenvalue weighted by molar-refractivity contribution is -0.137. The Hall–Kier alpha value is -2.54. The van der Waals surface area contributed by atoms with E-state index < -0.39 is 17.6 Å². The topological polar surface area (TPSA) is 50.4 Å². The molecule has 0 radical (unpaired) electrons. The smallest absolute Gasteiger partial charge is 0.418 e. The Bertz CT molecular complexity index is 793. The highest BCUT2D eigenvalue weighted by atomic mass is 19.4. The first-order valence-corrected chi connectivity index (χ1v) is 9.06. The van der Waals surface area contributed by atoms with Crippen molar-refractivity contribution in [2.24, 2.45) is 0 Å². The number of amides is 1. The summed E-state index contributed by atoms with van der Waals surface area (Å²) >= 11 is 0. The van der Waals surface area contributed by atoms with Crippen LogP contribution in [-0.2, 0) is 11.0 Å². The van der Waals surface area contributed by atoms with E-state index in [1.165, 1.54) is 18.2 Å². The van der Waals surface area contributed by atoms with E-state index in [1.54, 1.807) is 6.92 Å².